The molecule has 0 spiro atoms. The van der Waals surface area contributed by atoms with Gasteiger partial charge in [0.25, 0.3) is 6.29 Å². The summed E-state index contributed by atoms with van der Waals surface area (Å²) in [4.78, 5) is 37.2. The van der Waals surface area contributed by atoms with Crippen LogP contribution in [0, 0.1) is 0 Å². The molecular weight excluding hydrogens is 803 g/mol. The third-order valence-electron chi connectivity index (χ3n) is 11.7. The molecule has 374 valence electrons. The van der Waals surface area contributed by atoms with Crippen molar-refractivity contribution in [2.45, 2.75) is 251 Å². The molecule has 0 aromatic rings. The Balaban J connectivity index is 4.17. The van der Waals surface area contributed by atoms with E-state index in [1.54, 1.807) is 0 Å². The van der Waals surface area contributed by atoms with E-state index in [9.17, 15) is 19.5 Å². The van der Waals surface area contributed by atoms with E-state index in [4.69, 9.17) is 18.9 Å². The molecule has 2 unspecified atom stereocenters. The highest BCUT2D eigenvalue weighted by atomic mass is 16.7. The first-order valence-corrected chi connectivity index (χ1v) is 26.7. The number of carboxylic acid groups (broad SMARTS) is 1. The van der Waals surface area contributed by atoms with Crippen LogP contribution in [-0.4, -0.2) is 87.4 Å². The second-order valence-electron chi connectivity index (χ2n) is 19.2. The molecule has 0 aromatic carbocycles. The molecule has 2 atom stereocenters. The summed E-state index contributed by atoms with van der Waals surface area (Å²) in [6.45, 7) is 4.75. The predicted octanol–water partition coefficient (Wildman–Crippen LogP) is 15.0. The van der Waals surface area contributed by atoms with Gasteiger partial charge in [-0.25, -0.2) is 4.79 Å². The maximum absolute atomic E-state index is 12.8. The zero-order valence-corrected chi connectivity index (χ0v) is 42.4. The van der Waals surface area contributed by atoms with Crippen molar-refractivity contribution in [2.24, 2.45) is 0 Å². The fraction of sp³-hybridized carbons (Fsp3) is 0.836. The largest absolute Gasteiger partial charge is 0.477 e. The molecule has 9 nitrogen and oxygen atoms in total. The second kappa shape index (κ2) is 47.0. The summed E-state index contributed by atoms with van der Waals surface area (Å²) in [5, 5.41) is 9.66. The van der Waals surface area contributed by atoms with Crippen molar-refractivity contribution in [3.05, 3.63) is 36.5 Å². The average Bonchev–Trinajstić information content (AvgIpc) is 3.26. The summed E-state index contributed by atoms with van der Waals surface area (Å²) in [7, 11) is 5.95. The van der Waals surface area contributed by atoms with E-state index in [1.165, 1.54) is 148 Å². The van der Waals surface area contributed by atoms with E-state index in [1.807, 2.05) is 21.1 Å². The maximum Gasteiger partial charge on any atom is 0.361 e. The summed E-state index contributed by atoms with van der Waals surface area (Å²) >= 11 is 0. The lowest BCUT2D eigenvalue weighted by molar-refractivity contribution is -0.870. The van der Waals surface area contributed by atoms with Gasteiger partial charge in [-0.3, -0.25) is 9.59 Å². The Morgan fingerprint density at radius 3 is 1.33 bits per heavy atom. The third-order valence-corrected chi connectivity index (χ3v) is 11.7. The molecule has 0 aliphatic carbocycles. The highest BCUT2D eigenvalue weighted by molar-refractivity contribution is 5.71. The number of carbonyl (C=O) groups is 3. The number of aliphatic carboxylic acids is 1. The van der Waals surface area contributed by atoms with Crippen LogP contribution >= 0.6 is 0 Å². The minimum absolute atomic E-state index is 0.183. The van der Waals surface area contributed by atoms with E-state index in [2.05, 4.69) is 50.3 Å². The summed E-state index contributed by atoms with van der Waals surface area (Å²) in [6.07, 6.45) is 52.4. The molecule has 9 heteroatoms. The number of hydrogen-bond donors (Lipinski definition) is 1. The minimum Gasteiger partial charge on any atom is -0.477 e. The average molecular weight is 905 g/mol. The minimum atomic E-state index is -1.52. The number of carbonyl (C=O) groups excluding carboxylic acids is 2. The SMILES string of the molecule is CC/C=C\C/C=C\C/C=C\CCCCCC(=O)OC(COC(=O)CCCCCCCCCCCCCCCCCCCCCCCCCCCC)COC(OCC[N+](C)(C)C)C(=O)O. The monoisotopic (exact) mass is 905 g/mol. The predicted molar refractivity (Wildman–Crippen MR) is 267 cm³/mol. The molecule has 1 N–H and O–H groups in total. The molecule has 0 rings (SSSR count). The van der Waals surface area contributed by atoms with Crippen LogP contribution in [0.25, 0.3) is 0 Å². The first-order chi connectivity index (χ1) is 31.1. The molecule has 0 amide bonds. The van der Waals surface area contributed by atoms with Crippen LogP contribution in [0.2, 0.25) is 0 Å². The number of hydrogen-bond acceptors (Lipinski definition) is 7. The Kier molecular flexibility index (Phi) is 45.2. The van der Waals surface area contributed by atoms with Crippen molar-refractivity contribution in [1.82, 2.24) is 0 Å². The molecule has 0 fully saturated rings. The van der Waals surface area contributed by atoms with Crippen LogP contribution < -0.4 is 0 Å². The van der Waals surface area contributed by atoms with E-state index < -0.39 is 24.3 Å². The number of carboxylic acids is 1. The van der Waals surface area contributed by atoms with Gasteiger partial charge in [-0.15, -0.1) is 0 Å². The van der Waals surface area contributed by atoms with E-state index in [0.717, 1.165) is 57.8 Å². The van der Waals surface area contributed by atoms with Crippen LogP contribution in [-0.2, 0) is 33.3 Å². The molecule has 0 aliphatic rings. The van der Waals surface area contributed by atoms with Gasteiger partial charge in [0, 0.05) is 12.8 Å². The van der Waals surface area contributed by atoms with E-state index >= 15 is 0 Å². The fourth-order valence-corrected chi connectivity index (χ4v) is 7.56. The van der Waals surface area contributed by atoms with Crippen LogP contribution in [0.4, 0.5) is 0 Å². The lowest BCUT2D eigenvalue weighted by Crippen LogP contribution is -2.40. The lowest BCUT2D eigenvalue weighted by atomic mass is 10.0. The quantitative estimate of drug-likeness (QED) is 0.0211. The van der Waals surface area contributed by atoms with E-state index in [-0.39, 0.29) is 32.2 Å². The molecule has 0 bridgehead atoms. The second-order valence-corrected chi connectivity index (χ2v) is 19.2. The summed E-state index contributed by atoms with van der Waals surface area (Å²) in [5.74, 6) is -2.04. The number of ether oxygens (including phenoxy) is 4. The van der Waals surface area contributed by atoms with Crippen molar-refractivity contribution >= 4 is 17.9 Å². The Morgan fingerprint density at radius 2 is 0.891 bits per heavy atom. The molecule has 0 radical (unpaired) electrons. The van der Waals surface area contributed by atoms with Gasteiger partial charge in [-0.1, -0.05) is 217 Å². The Morgan fingerprint density at radius 1 is 0.484 bits per heavy atom. The normalized spacial score (nSPS) is 13.1. The van der Waals surface area contributed by atoms with Gasteiger partial charge < -0.3 is 28.5 Å². The maximum atomic E-state index is 12.8. The summed E-state index contributed by atoms with van der Waals surface area (Å²) < 4.78 is 22.8. The number of allylic oxidation sites excluding steroid dienone is 6. The zero-order chi connectivity index (χ0) is 47.0. The van der Waals surface area contributed by atoms with Gasteiger partial charge >= 0.3 is 17.9 Å². The van der Waals surface area contributed by atoms with Crippen molar-refractivity contribution in [3.8, 4) is 0 Å². The molecule has 0 aliphatic heterocycles. The number of quaternary nitrogens is 1. The summed E-state index contributed by atoms with van der Waals surface area (Å²) in [5.41, 5.74) is 0. The molecule has 0 heterocycles. The van der Waals surface area contributed by atoms with Crippen LogP contribution in [0.1, 0.15) is 239 Å². The number of likely N-dealkylation sites (N-methyl/N-ethyl adjacent to an activating group) is 1. The standard InChI is InChI=1S/C55H101NO8/c1-6-8-10-12-14-16-18-20-21-22-23-24-25-26-27-28-29-30-31-32-34-35-37-39-41-43-45-52(57)62-49-51(50-63-55(54(59)60)61-48-47-56(3,4)5)64-53(58)46-44-42-40-38-36-33-19-17-15-13-11-9-7-2/h9,11,15,17,33,36,51,55H,6-8,10,12-14,16,18-32,34-35,37-50H2,1-5H3/p+1/b11-9-,17-15-,36-33-. The van der Waals surface area contributed by atoms with E-state index in [0.29, 0.717) is 23.9 Å². The fourth-order valence-electron chi connectivity index (χ4n) is 7.56. The van der Waals surface area contributed by atoms with Gasteiger partial charge in [0.1, 0.15) is 13.2 Å². The first-order valence-electron chi connectivity index (χ1n) is 26.7. The smallest absolute Gasteiger partial charge is 0.361 e. The van der Waals surface area contributed by atoms with Crippen molar-refractivity contribution < 1.29 is 42.9 Å². The lowest BCUT2D eigenvalue weighted by Gasteiger charge is -2.25. The van der Waals surface area contributed by atoms with Crippen LogP contribution in [0.3, 0.4) is 0 Å². The van der Waals surface area contributed by atoms with Gasteiger partial charge in [0.15, 0.2) is 6.10 Å². The Labute approximate surface area is 394 Å². The van der Waals surface area contributed by atoms with Crippen molar-refractivity contribution in [3.63, 3.8) is 0 Å². The highest BCUT2D eigenvalue weighted by Gasteiger charge is 2.25. The van der Waals surface area contributed by atoms with Crippen molar-refractivity contribution in [1.29, 1.82) is 0 Å². The number of nitrogens with zero attached hydrogens (tertiary/aromatic N) is 1. The number of rotatable bonds is 49. The van der Waals surface area contributed by atoms with Crippen LogP contribution in [0.5, 0.6) is 0 Å². The van der Waals surface area contributed by atoms with Gasteiger partial charge in [0.2, 0.25) is 0 Å². The number of unbranched alkanes of at least 4 members (excludes halogenated alkanes) is 28. The highest BCUT2D eigenvalue weighted by Crippen LogP contribution is 2.17. The molecular formula is C55H102NO8+. The topological polar surface area (TPSA) is 108 Å². The van der Waals surface area contributed by atoms with Crippen LogP contribution in [0.15, 0.2) is 36.5 Å². The van der Waals surface area contributed by atoms with Gasteiger partial charge in [-0.2, -0.15) is 0 Å². The Bertz CT molecular complexity index is 1150. The molecule has 64 heavy (non-hydrogen) atoms. The molecule has 0 saturated heterocycles. The number of esters is 2. The summed E-state index contributed by atoms with van der Waals surface area (Å²) in [6, 6.07) is 0. The first kappa shape index (κ1) is 61.5. The van der Waals surface area contributed by atoms with Crippen molar-refractivity contribution in [2.75, 3.05) is 47.5 Å². The Hall–Kier alpha value is -2.49. The van der Waals surface area contributed by atoms with Gasteiger partial charge in [0.05, 0.1) is 34.4 Å². The molecule has 0 aromatic heterocycles. The molecule has 0 saturated carbocycles. The zero-order valence-electron chi connectivity index (χ0n) is 42.4. The van der Waals surface area contributed by atoms with Gasteiger partial charge in [-0.05, 0) is 44.9 Å². The third kappa shape index (κ3) is 47.5.